The molecule has 0 radical (unpaired) electrons. The van der Waals surface area contributed by atoms with Crippen molar-refractivity contribution in [2.24, 2.45) is 5.73 Å². The van der Waals surface area contributed by atoms with Crippen molar-refractivity contribution in [2.45, 2.75) is 44.4 Å². The number of amides is 1. The zero-order valence-electron chi connectivity index (χ0n) is 19.5. The molecule has 0 spiro atoms. The van der Waals surface area contributed by atoms with E-state index in [1.165, 1.54) is 16.3 Å². The molecule has 0 bridgehead atoms. The van der Waals surface area contributed by atoms with Gasteiger partial charge in [0.2, 0.25) is 0 Å². The van der Waals surface area contributed by atoms with Crippen LogP contribution in [0.1, 0.15) is 31.9 Å². The zero-order chi connectivity index (χ0) is 24.1. The topological polar surface area (TPSA) is 101 Å². The van der Waals surface area contributed by atoms with Crippen LogP contribution in [0.25, 0.3) is 10.4 Å². The molecule has 0 fully saturated rings. The van der Waals surface area contributed by atoms with Crippen molar-refractivity contribution in [3.8, 4) is 10.4 Å². The van der Waals surface area contributed by atoms with Crippen LogP contribution in [-0.2, 0) is 16.8 Å². The lowest BCUT2D eigenvalue weighted by Gasteiger charge is -2.39. The molecule has 0 aliphatic carbocycles. The van der Waals surface area contributed by atoms with Gasteiger partial charge in [-0.25, -0.2) is 9.80 Å². The largest absolute Gasteiger partial charge is 0.443 e. The minimum Gasteiger partial charge on any atom is -0.443 e. The maximum atomic E-state index is 12.3. The summed E-state index contributed by atoms with van der Waals surface area (Å²) in [6.07, 6.45) is 1.63. The molecule has 2 aromatic carbocycles. The number of hydrazine groups is 1. The van der Waals surface area contributed by atoms with Gasteiger partial charge in [0.1, 0.15) is 11.2 Å². The third-order valence-electron chi connectivity index (χ3n) is 5.16. The lowest BCUT2D eigenvalue weighted by atomic mass is 9.80. The molecular weight excluding hydrogens is 436 g/mol. The van der Waals surface area contributed by atoms with Crippen molar-refractivity contribution in [3.63, 3.8) is 0 Å². The Balaban J connectivity index is 1.94. The van der Waals surface area contributed by atoms with Crippen LogP contribution in [0, 0.1) is 0 Å². The highest BCUT2D eigenvalue weighted by molar-refractivity contribution is 7.13. The van der Waals surface area contributed by atoms with Crippen molar-refractivity contribution in [1.82, 2.24) is 15.4 Å². The van der Waals surface area contributed by atoms with Gasteiger partial charge < -0.3 is 15.6 Å². The molecule has 2 atom stereocenters. The summed E-state index contributed by atoms with van der Waals surface area (Å²) in [5, 5.41) is 13.6. The molecule has 8 heteroatoms. The van der Waals surface area contributed by atoms with Gasteiger partial charge in [0.05, 0.1) is 16.9 Å². The third kappa shape index (κ3) is 6.61. The lowest BCUT2D eigenvalue weighted by Crippen LogP contribution is -2.56. The van der Waals surface area contributed by atoms with E-state index < -0.39 is 23.3 Å². The number of ether oxygens (including phenoxy) is 1. The maximum Gasteiger partial charge on any atom is 0.422 e. The highest BCUT2D eigenvalue weighted by Gasteiger charge is 2.40. The number of likely N-dealkylation sites (N-methyl/N-ethyl adjacent to an activating group) is 1. The van der Waals surface area contributed by atoms with E-state index in [2.05, 4.69) is 10.4 Å². The molecule has 1 aromatic heterocycles. The SMILES string of the molecule is CN(CC(O)(c1ccccc1-c1cncs1)C(N)Cc1ccccc1)NC(=O)OC(C)(C)C. The Labute approximate surface area is 199 Å². The van der Waals surface area contributed by atoms with Crippen LogP contribution >= 0.6 is 11.3 Å². The highest BCUT2D eigenvalue weighted by Crippen LogP contribution is 2.36. The smallest absolute Gasteiger partial charge is 0.422 e. The molecule has 3 rings (SSSR count). The minimum absolute atomic E-state index is 0.0516. The Morgan fingerprint density at radius 1 is 1.18 bits per heavy atom. The van der Waals surface area contributed by atoms with Crippen molar-refractivity contribution >= 4 is 17.4 Å². The van der Waals surface area contributed by atoms with Gasteiger partial charge in [-0.2, -0.15) is 0 Å². The highest BCUT2D eigenvalue weighted by atomic mass is 32.1. The molecule has 0 saturated carbocycles. The fourth-order valence-corrected chi connectivity index (χ4v) is 4.38. The number of hydrogen-bond acceptors (Lipinski definition) is 7. The first-order chi connectivity index (χ1) is 15.6. The van der Waals surface area contributed by atoms with E-state index in [-0.39, 0.29) is 6.54 Å². The van der Waals surface area contributed by atoms with Gasteiger partial charge in [0.25, 0.3) is 0 Å². The first-order valence-corrected chi connectivity index (χ1v) is 11.7. The van der Waals surface area contributed by atoms with Crippen LogP contribution in [0.3, 0.4) is 0 Å². The molecule has 7 nitrogen and oxygen atoms in total. The molecule has 2 unspecified atom stereocenters. The number of carbonyl (C=O) groups excluding carboxylic acids is 1. The predicted octanol–water partition coefficient (Wildman–Crippen LogP) is 3.94. The van der Waals surface area contributed by atoms with Crippen LogP contribution < -0.4 is 11.2 Å². The Morgan fingerprint density at radius 3 is 2.48 bits per heavy atom. The molecule has 3 aromatic rings. The number of benzene rings is 2. The number of nitrogens with two attached hydrogens (primary N) is 1. The second kappa shape index (κ2) is 10.4. The van der Waals surface area contributed by atoms with E-state index in [1.807, 2.05) is 54.6 Å². The van der Waals surface area contributed by atoms with Crippen LogP contribution in [0.4, 0.5) is 4.79 Å². The number of hydrogen-bond donors (Lipinski definition) is 3. The molecule has 0 aliphatic heterocycles. The summed E-state index contributed by atoms with van der Waals surface area (Å²) in [7, 11) is 1.68. The van der Waals surface area contributed by atoms with Crippen molar-refractivity contribution in [3.05, 3.63) is 77.4 Å². The van der Waals surface area contributed by atoms with Gasteiger partial charge in [-0.1, -0.05) is 54.6 Å². The van der Waals surface area contributed by atoms with Crippen molar-refractivity contribution in [2.75, 3.05) is 13.6 Å². The fraction of sp³-hybridized carbons (Fsp3) is 0.360. The molecule has 4 N–H and O–H groups in total. The normalized spacial score (nSPS) is 14.5. The van der Waals surface area contributed by atoms with Crippen molar-refractivity contribution < 1.29 is 14.6 Å². The van der Waals surface area contributed by atoms with Crippen LogP contribution in [0.2, 0.25) is 0 Å². The second-order valence-corrected chi connectivity index (χ2v) is 9.99. The number of nitrogens with zero attached hydrogens (tertiary/aromatic N) is 2. The average Bonchev–Trinajstić information content (AvgIpc) is 3.27. The van der Waals surface area contributed by atoms with Gasteiger partial charge in [0, 0.05) is 19.3 Å². The summed E-state index contributed by atoms with van der Waals surface area (Å²) in [4.78, 5) is 17.4. The van der Waals surface area contributed by atoms with E-state index in [0.717, 1.165) is 16.0 Å². The Kier molecular flexibility index (Phi) is 7.86. The maximum absolute atomic E-state index is 12.3. The number of thiazole rings is 1. The average molecular weight is 469 g/mol. The molecule has 0 aliphatic rings. The van der Waals surface area contributed by atoms with Crippen molar-refractivity contribution in [1.29, 1.82) is 0 Å². The number of carbonyl (C=O) groups is 1. The number of nitrogens with one attached hydrogen (secondary N) is 1. The molecule has 0 saturated heterocycles. The monoisotopic (exact) mass is 468 g/mol. The Hall–Kier alpha value is -2.78. The third-order valence-corrected chi connectivity index (χ3v) is 5.97. The molecule has 176 valence electrons. The van der Waals surface area contributed by atoms with Gasteiger partial charge in [0.15, 0.2) is 0 Å². The molecular formula is C25H32N4O3S. The second-order valence-electron chi connectivity index (χ2n) is 9.10. The summed E-state index contributed by atoms with van der Waals surface area (Å²) < 4.78 is 5.36. The summed E-state index contributed by atoms with van der Waals surface area (Å²) in [5.41, 5.74) is 11.6. The quantitative estimate of drug-likeness (QED) is 0.433. The van der Waals surface area contributed by atoms with E-state index >= 15 is 0 Å². The number of aromatic nitrogens is 1. The summed E-state index contributed by atoms with van der Waals surface area (Å²) >= 11 is 1.49. The summed E-state index contributed by atoms with van der Waals surface area (Å²) in [6.45, 7) is 5.44. The minimum atomic E-state index is -1.49. The van der Waals surface area contributed by atoms with E-state index in [1.54, 1.807) is 39.5 Å². The standard InChI is InChI=1S/C25H32N4O3S/c1-24(2,3)32-23(30)28-29(4)16-25(31,22(26)14-18-10-6-5-7-11-18)20-13-9-8-12-19(20)21-15-27-17-33-21/h5-13,15,17,22,31H,14,16,26H2,1-4H3,(H,28,30). The van der Waals surface area contributed by atoms with Crippen LogP contribution in [0.5, 0.6) is 0 Å². The first kappa shape index (κ1) is 24.9. The molecule has 1 amide bonds. The van der Waals surface area contributed by atoms with E-state index in [9.17, 15) is 9.90 Å². The summed E-state index contributed by atoms with van der Waals surface area (Å²) in [6, 6.07) is 16.8. The number of rotatable bonds is 8. The van der Waals surface area contributed by atoms with Gasteiger partial charge in [-0.3, -0.25) is 10.4 Å². The molecule has 33 heavy (non-hydrogen) atoms. The van der Waals surface area contributed by atoms with Gasteiger partial charge in [-0.05, 0) is 43.9 Å². The lowest BCUT2D eigenvalue weighted by molar-refractivity contribution is -0.0325. The summed E-state index contributed by atoms with van der Waals surface area (Å²) in [5.74, 6) is 0. The van der Waals surface area contributed by atoms with E-state index in [0.29, 0.717) is 12.0 Å². The van der Waals surface area contributed by atoms with Crippen LogP contribution in [-0.4, -0.2) is 46.4 Å². The Bertz CT molecular complexity index is 1040. The van der Waals surface area contributed by atoms with Crippen LogP contribution in [0.15, 0.2) is 66.3 Å². The fourth-order valence-electron chi connectivity index (χ4n) is 3.72. The Morgan fingerprint density at radius 2 is 1.85 bits per heavy atom. The first-order valence-electron chi connectivity index (χ1n) is 10.8. The molecule has 1 heterocycles. The van der Waals surface area contributed by atoms with Gasteiger partial charge >= 0.3 is 6.09 Å². The van der Waals surface area contributed by atoms with Gasteiger partial charge in [-0.15, -0.1) is 11.3 Å². The predicted molar refractivity (Wildman–Crippen MR) is 132 cm³/mol. The number of aliphatic hydroxyl groups is 1. The van der Waals surface area contributed by atoms with E-state index in [4.69, 9.17) is 10.5 Å². The zero-order valence-corrected chi connectivity index (χ0v) is 20.3.